The highest BCUT2D eigenvalue weighted by molar-refractivity contribution is 8.13. The molecule has 2 aromatic rings. The van der Waals surface area contributed by atoms with Crippen molar-refractivity contribution in [1.82, 2.24) is 14.8 Å². The lowest BCUT2D eigenvalue weighted by molar-refractivity contribution is 0.579. The standard InChI is InChI=1S/C12H12ClN3O2S/c1-8-4-2-3-5-10(8)11-14-15-12(19(13,17)18)16(11)9-6-7-9/h2-5,9H,6-7H2,1H3. The topological polar surface area (TPSA) is 64.8 Å². The van der Waals surface area contributed by atoms with Crippen molar-refractivity contribution in [3.05, 3.63) is 29.8 Å². The molecule has 0 bridgehead atoms. The van der Waals surface area contributed by atoms with Crippen molar-refractivity contribution in [3.8, 4) is 11.4 Å². The Hall–Kier alpha value is -1.40. The monoisotopic (exact) mass is 297 g/mol. The third kappa shape index (κ3) is 2.26. The highest BCUT2D eigenvalue weighted by Crippen LogP contribution is 2.40. The molecule has 0 aliphatic heterocycles. The molecule has 0 atom stereocenters. The van der Waals surface area contributed by atoms with Crippen LogP contribution in [-0.2, 0) is 9.05 Å². The molecule has 1 fully saturated rings. The van der Waals surface area contributed by atoms with E-state index in [0.29, 0.717) is 5.82 Å². The molecule has 0 radical (unpaired) electrons. The molecule has 1 saturated carbocycles. The summed E-state index contributed by atoms with van der Waals surface area (Å²) in [6.07, 6.45) is 1.85. The first kappa shape index (κ1) is 12.6. The molecule has 19 heavy (non-hydrogen) atoms. The maximum absolute atomic E-state index is 11.6. The lowest BCUT2D eigenvalue weighted by Gasteiger charge is -2.09. The van der Waals surface area contributed by atoms with E-state index in [0.717, 1.165) is 24.0 Å². The zero-order chi connectivity index (χ0) is 13.6. The molecule has 0 spiro atoms. The summed E-state index contributed by atoms with van der Waals surface area (Å²) < 4.78 is 24.8. The first-order chi connectivity index (χ1) is 8.98. The van der Waals surface area contributed by atoms with Crippen LogP contribution in [0.25, 0.3) is 11.4 Å². The molecular weight excluding hydrogens is 286 g/mol. The van der Waals surface area contributed by atoms with Gasteiger partial charge in [-0.1, -0.05) is 24.3 Å². The van der Waals surface area contributed by atoms with Crippen molar-refractivity contribution < 1.29 is 8.42 Å². The second-order valence-corrected chi connectivity index (χ2v) is 7.12. The summed E-state index contributed by atoms with van der Waals surface area (Å²) in [6, 6.07) is 7.81. The van der Waals surface area contributed by atoms with Crippen molar-refractivity contribution in [2.45, 2.75) is 31.0 Å². The Morgan fingerprint density at radius 3 is 2.53 bits per heavy atom. The van der Waals surface area contributed by atoms with E-state index in [1.807, 2.05) is 31.2 Å². The quantitative estimate of drug-likeness (QED) is 0.817. The molecule has 1 aromatic carbocycles. The number of nitrogens with zero attached hydrogens (tertiary/aromatic N) is 3. The largest absolute Gasteiger partial charge is 0.296 e. The summed E-state index contributed by atoms with van der Waals surface area (Å²) in [5.74, 6) is 0.569. The van der Waals surface area contributed by atoms with Crippen LogP contribution in [0, 0.1) is 6.92 Å². The molecule has 100 valence electrons. The first-order valence-corrected chi connectivity index (χ1v) is 8.25. The van der Waals surface area contributed by atoms with Gasteiger partial charge in [-0.15, -0.1) is 10.2 Å². The Kier molecular flexibility index (Phi) is 2.87. The Labute approximate surface area is 115 Å². The predicted octanol–water partition coefficient (Wildman–Crippen LogP) is 2.52. The SMILES string of the molecule is Cc1ccccc1-c1nnc(S(=O)(=O)Cl)n1C1CC1. The smallest absolute Gasteiger partial charge is 0.294 e. The lowest BCUT2D eigenvalue weighted by atomic mass is 10.1. The number of halogens is 1. The van der Waals surface area contributed by atoms with E-state index in [1.165, 1.54) is 0 Å². The molecule has 0 saturated heterocycles. The van der Waals surface area contributed by atoms with Crippen LogP contribution < -0.4 is 0 Å². The van der Waals surface area contributed by atoms with Crippen LogP contribution >= 0.6 is 10.7 Å². The highest BCUT2D eigenvalue weighted by Gasteiger charge is 2.34. The van der Waals surface area contributed by atoms with Gasteiger partial charge in [-0.05, 0) is 25.3 Å². The summed E-state index contributed by atoms with van der Waals surface area (Å²) in [6.45, 7) is 1.95. The summed E-state index contributed by atoms with van der Waals surface area (Å²) in [5.41, 5.74) is 1.91. The van der Waals surface area contributed by atoms with Crippen LogP contribution in [0.4, 0.5) is 0 Å². The van der Waals surface area contributed by atoms with E-state index in [9.17, 15) is 8.42 Å². The Morgan fingerprint density at radius 2 is 1.95 bits per heavy atom. The van der Waals surface area contributed by atoms with Gasteiger partial charge in [0.15, 0.2) is 5.82 Å². The second-order valence-electron chi connectivity index (χ2n) is 4.66. The van der Waals surface area contributed by atoms with Gasteiger partial charge in [0.2, 0.25) is 0 Å². The molecule has 1 aliphatic carbocycles. The summed E-state index contributed by atoms with van der Waals surface area (Å²) in [4.78, 5) is 0. The van der Waals surface area contributed by atoms with Crippen LogP contribution in [0.15, 0.2) is 29.4 Å². The van der Waals surface area contributed by atoms with E-state index in [1.54, 1.807) is 4.57 Å². The number of hydrogen-bond donors (Lipinski definition) is 0. The number of aryl methyl sites for hydroxylation is 1. The molecule has 3 rings (SSSR count). The van der Waals surface area contributed by atoms with Gasteiger partial charge in [-0.25, -0.2) is 8.42 Å². The van der Waals surface area contributed by atoms with E-state index >= 15 is 0 Å². The summed E-state index contributed by atoms with van der Waals surface area (Å²) in [5, 5.41) is 7.63. The zero-order valence-electron chi connectivity index (χ0n) is 10.2. The zero-order valence-corrected chi connectivity index (χ0v) is 11.8. The summed E-state index contributed by atoms with van der Waals surface area (Å²) >= 11 is 0. The number of rotatable bonds is 3. The minimum Gasteiger partial charge on any atom is -0.294 e. The van der Waals surface area contributed by atoms with Crippen molar-refractivity contribution in [3.63, 3.8) is 0 Å². The van der Waals surface area contributed by atoms with Gasteiger partial charge in [0.25, 0.3) is 14.2 Å². The second kappa shape index (κ2) is 4.31. The van der Waals surface area contributed by atoms with E-state index in [2.05, 4.69) is 10.2 Å². The fourth-order valence-corrected chi connectivity index (χ4v) is 3.04. The third-order valence-electron chi connectivity index (χ3n) is 3.18. The lowest BCUT2D eigenvalue weighted by Crippen LogP contribution is -2.06. The fourth-order valence-electron chi connectivity index (χ4n) is 2.11. The summed E-state index contributed by atoms with van der Waals surface area (Å²) in [7, 11) is 1.55. The Bertz CT molecular complexity index is 735. The molecule has 0 amide bonds. The van der Waals surface area contributed by atoms with Gasteiger partial charge >= 0.3 is 0 Å². The van der Waals surface area contributed by atoms with Crippen LogP contribution in [0.5, 0.6) is 0 Å². The van der Waals surface area contributed by atoms with Crippen LogP contribution in [-0.4, -0.2) is 23.2 Å². The first-order valence-electron chi connectivity index (χ1n) is 5.94. The van der Waals surface area contributed by atoms with Gasteiger partial charge in [0, 0.05) is 22.3 Å². The molecule has 1 heterocycles. The Morgan fingerprint density at radius 1 is 1.26 bits per heavy atom. The number of aromatic nitrogens is 3. The maximum Gasteiger partial charge on any atom is 0.296 e. The number of hydrogen-bond acceptors (Lipinski definition) is 4. The molecule has 5 nitrogen and oxygen atoms in total. The molecule has 1 aromatic heterocycles. The van der Waals surface area contributed by atoms with E-state index in [-0.39, 0.29) is 11.2 Å². The van der Waals surface area contributed by atoms with Gasteiger partial charge in [-0.2, -0.15) is 0 Å². The van der Waals surface area contributed by atoms with Crippen LogP contribution in [0.2, 0.25) is 0 Å². The Balaban J connectivity index is 2.24. The van der Waals surface area contributed by atoms with Crippen molar-refractivity contribution in [2.24, 2.45) is 0 Å². The average molecular weight is 298 g/mol. The average Bonchev–Trinajstić information content (AvgIpc) is 3.07. The minimum atomic E-state index is -3.88. The molecule has 1 aliphatic rings. The maximum atomic E-state index is 11.6. The van der Waals surface area contributed by atoms with Gasteiger partial charge < -0.3 is 0 Å². The fraction of sp³-hybridized carbons (Fsp3) is 0.333. The van der Waals surface area contributed by atoms with Crippen molar-refractivity contribution in [1.29, 1.82) is 0 Å². The third-order valence-corrected chi connectivity index (χ3v) is 4.31. The van der Waals surface area contributed by atoms with Crippen molar-refractivity contribution >= 4 is 19.7 Å². The van der Waals surface area contributed by atoms with Crippen molar-refractivity contribution in [2.75, 3.05) is 0 Å². The predicted molar refractivity (Wildman–Crippen MR) is 71.5 cm³/mol. The minimum absolute atomic E-state index is 0.133. The molecule has 0 N–H and O–H groups in total. The van der Waals surface area contributed by atoms with E-state index < -0.39 is 9.05 Å². The molecular formula is C12H12ClN3O2S. The van der Waals surface area contributed by atoms with E-state index in [4.69, 9.17) is 10.7 Å². The molecule has 7 heteroatoms. The van der Waals surface area contributed by atoms with Gasteiger partial charge in [0.05, 0.1) is 0 Å². The van der Waals surface area contributed by atoms with Crippen LogP contribution in [0.3, 0.4) is 0 Å². The number of benzene rings is 1. The van der Waals surface area contributed by atoms with Crippen LogP contribution in [0.1, 0.15) is 24.4 Å². The van der Waals surface area contributed by atoms with Gasteiger partial charge in [-0.3, -0.25) is 4.57 Å². The molecule has 0 unspecified atom stereocenters. The normalized spacial score (nSPS) is 15.7. The van der Waals surface area contributed by atoms with Gasteiger partial charge in [0.1, 0.15) is 0 Å². The highest BCUT2D eigenvalue weighted by atomic mass is 35.7.